The number of carbonyl (C=O) groups excluding carboxylic acids is 2. The minimum absolute atomic E-state index is 0.339. The van der Waals surface area contributed by atoms with Crippen LogP contribution in [0.4, 0.5) is 0 Å². The molecule has 0 bridgehead atoms. The van der Waals surface area contributed by atoms with Gasteiger partial charge in [0.15, 0.2) is 0 Å². The standard InChI is InChI=1S/C8H15NO5S/c1-6(10)4-7(11)14-5-8(2,3)15(9,12)13/h4-5H2,1-3H3,(H2,9,12,13). The second kappa shape index (κ2) is 4.71. The summed E-state index contributed by atoms with van der Waals surface area (Å²) in [6, 6.07) is 0. The lowest BCUT2D eigenvalue weighted by molar-refractivity contribution is -0.146. The van der Waals surface area contributed by atoms with Crippen molar-refractivity contribution in [2.24, 2.45) is 5.14 Å². The lowest BCUT2D eigenvalue weighted by Gasteiger charge is -2.21. The van der Waals surface area contributed by atoms with Crippen molar-refractivity contribution < 1.29 is 22.7 Å². The SMILES string of the molecule is CC(=O)CC(=O)OCC(C)(C)S(N)(=O)=O. The van der Waals surface area contributed by atoms with Crippen molar-refractivity contribution in [1.29, 1.82) is 0 Å². The Bertz CT molecular complexity index is 357. The van der Waals surface area contributed by atoms with Gasteiger partial charge in [-0.15, -0.1) is 0 Å². The van der Waals surface area contributed by atoms with E-state index in [1.807, 2.05) is 0 Å². The van der Waals surface area contributed by atoms with Gasteiger partial charge in [-0.1, -0.05) is 0 Å². The number of ketones is 1. The maximum Gasteiger partial charge on any atom is 0.313 e. The summed E-state index contributed by atoms with van der Waals surface area (Å²) >= 11 is 0. The van der Waals surface area contributed by atoms with Crippen LogP contribution in [0.15, 0.2) is 0 Å². The monoisotopic (exact) mass is 237 g/mol. The largest absolute Gasteiger partial charge is 0.464 e. The van der Waals surface area contributed by atoms with E-state index in [-0.39, 0.29) is 18.8 Å². The number of hydrogen-bond donors (Lipinski definition) is 1. The van der Waals surface area contributed by atoms with E-state index >= 15 is 0 Å². The predicted molar refractivity (Wildman–Crippen MR) is 53.4 cm³/mol. The summed E-state index contributed by atoms with van der Waals surface area (Å²) in [5.41, 5.74) is 0. The molecule has 7 heteroatoms. The van der Waals surface area contributed by atoms with Gasteiger partial charge in [-0.05, 0) is 20.8 Å². The van der Waals surface area contributed by atoms with Gasteiger partial charge in [-0.2, -0.15) is 0 Å². The van der Waals surface area contributed by atoms with E-state index in [1.54, 1.807) is 0 Å². The Morgan fingerprint density at radius 3 is 2.13 bits per heavy atom. The Labute approximate surface area is 88.8 Å². The molecule has 0 aromatic carbocycles. The molecule has 88 valence electrons. The number of rotatable bonds is 5. The molecular formula is C8H15NO5S. The zero-order chi connectivity index (χ0) is 12.3. The summed E-state index contributed by atoms with van der Waals surface area (Å²) in [5, 5.41) is 4.91. The van der Waals surface area contributed by atoms with Crippen LogP contribution >= 0.6 is 0 Å². The molecule has 0 amide bonds. The zero-order valence-corrected chi connectivity index (χ0v) is 9.76. The molecule has 0 saturated heterocycles. The number of nitrogens with two attached hydrogens (primary N) is 1. The van der Waals surface area contributed by atoms with Crippen LogP contribution in [0.3, 0.4) is 0 Å². The highest BCUT2D eigenvalue weighted by Crippen LogP contribution is 2.13. The predicted octanol–water partition coefficient (Wildman–Crippen LogP) is -0.424. The smallest absolute Gasteiger partial charge is 0.313 e. The number of carbonyl (C=O) groups is 2. The molecule has 0 aliphatic heterocycles. The summed E-state index contributed by atoms with van der Waals surface area (Å²) < 4.78 is 25.3. The van der Waals surface area contributed by atoms with Crippen molar-refractivity contribution in [3.63, 3.8) is 0 Å². The van der Waals surface area contributed by atoms with Crippen LogP contribution in [0.2, 0.25) is 0 Å². The van der Waals surface area contributed by atoms with Gasteiger partial charge < -0.3 is 4.74 Å². The van der Waals surface area contributed by atoms with E-state index in [9.17, 15) is 18.0 Å². The maximum atomic E-state index is 11.0. The highest BCUT2D eigenvalue weighted by atomic mass is 32.2. The number of primary sulfonamides is 1. The van der Waals surface area contributed by atoms with E-state index in [2.05, 4.69) is 4.74 Å². The molecule has 15 heavy (non-hydrogen) atoms. The zero-order valence-electron chi connectivity index (χ0n) is 8.94. The van der Waals surface area contributed by atoms with E-state index in [1.165, 1.54) is 20.8 Å². The molecule has 0 aromatic heterocycles. The molecule has 0 rings (SSSR count). The van der Waals surface area contributed by atoms with Crippen LogP contribution in [0.5, 0.6) is 0 Å². The van der Waals surface area contributed by atoms with Gasteiger partial charge in [0.1, 0.15) is 23.6 Å². The highest BCUT2D eigenvalue weighted by molar-refractivity contribution is 7.90. The minimum Gasteiger partial charge on any atom is -0.464 e. The van der Waals surface area contributed by atoms with Crippen LogP contribution < -0.4 is 5.14 Å². The van der Waals surface area contributed by atoms with Crippen molar-refractivity contribution in [3.8, 4) is 0 Å². The van der Waals surface area contributed by atoms with Crippen molar-refractivity contribution in [2.75, 3.05) is 6.61 Å². The van der Waals surface area contributed by atoms with E-state index in [0.29, 0.717) is 0 Å². The fraction of sp³-hybridized carbons (Fsp3) is 0.750. The first-order valence-electron chi connectivity index (χ1n) is 4.23. The Morgan fingerprint density at radius 1 is 1.33 bits per heavy atom. The molecule has 0 saturated carbocycles. The second-order valence-corrected chi connectivity index (χ2v) is 6.04. The van der Waals surface area contributed by atoms with E-state index < -0.39 is 20.7 Å². The fourth-order valence-electron chi connectivity index (χ4n) is 0.591. The third kappa shape index (κ3) is 4.89. The van der Waals surface area contributed by atoms with Gasteiger partial charge in [0, 0.05) is 0 Å². The molecule has 0 heterocycles. The third-order valence-corrected chi connectivity index (χ3v) is 3.40. The lowest BCUT2D eigenvalue weighted by atomic mass is 10.2. The van der Waals surface area contributed by atoms with Crippen LogP contribution in [0.25, 0.3) is 0 Å². The molecule has 0 spiro atoms. The Kier molecular flexibility index (Phi) is 4.42. The molecule has 0 atom stereocenters. The quantitative estimate of drug-likeness (QED) is 0.516. The molecule has 0 aromatic rings. The first kappa shape index (κ1) is 14.1. The average Bonchev–Trinajstić information content (AvgIpc) is 1.97. The van der Waals surface area contributed by atoms with Crippen molar-refractivity contribution >= 4 is 21.8 Å². The summed E-state index contributed by atoms with van der Waals surface area (Å²) in [6.45, 7) is 3.55. The van der Waals surface area contributed by atoms with Crippen molar-refractivity contribution in [2.45, 2.75) is 31.9 Å². The van der Waals surface area contributed by atoms with Crippen LogP contribution in [-0.2, 0) is 24.3 Å². The molecule has 0 aliphatic rings. The fourth-order valence-corrected chi connectivity index (χ4v) is 0.814. The molecular weight excluding hydrogens is 222 g/mol. The third-order valence-electron chi connectivity index (χ3n) is 1.74. The summed E-state index contributed by atoms with van der Waals surface area (Å²) in [5.74, 6) is -1.09. The Morgan fingerprint density at radius 2 is 1.80 bits per heavy atom. The van der Waals surface area contributed by atoms with Gasteiger partial charge in [-0.3, -0.25) is 9.59 Å². The van der Waals surface area contributed by atoms with Gasteiger partial charge >= 0.3 is 5.97 Å². The van der Waals surface area contributed by atoms with Crippen LogP contribution in [0.1, 0.15) is 27.2 Å². The van der Waals surface area contributed by atoms with Gasteiger partial charge in [0.05, 0.1) is 0 Å². The number of ether oxygens (including phenoxy) is 1. The first-order chi connectivity index (χ1) is 6.56. The molecule has 0 unspecified atom stereocenters. The number of sulfonamides is 1. The minimum atomic E-state index is -3.79. The molecule has 2 N–H and O–H groups in total. The molecule has 6 nitrogen and oxygen atoms in total. The summed E-state index contributed by atoms with van der Waals surface area (Å²) in [7, 11) is -3.79. The maximum absolute atomic E-state index is 11.0. The van der Waals surface area contributed by atoms with Gasteiger partial charge in [0.2, 0.25) is 10.0 Å². The lowest BCUT2D eigenvalue weighted by Crippen LogP contribution is -2.42. The number of hydrogen-bond acceptors (Lipinski definition) is 5. The van der Waals surface area contributed by atoms with Gasteiger partial charge in [-0.25, -0.2) is 13.6 Å². The Balaban J connectivity index is 4.29. The summed E-state index contributed by atoms with van der Waals surface area (Å²) in [4.78, 5) is 21.5. The molecule has 0 aliphatic carbocycles. The van der Waals surface area contributed by atoms with E-state index in [0.717, 1.165) is 0 Å². The summed E-state index contributed by atoms with van der Waals surface area (Å²) in [6.07, 6.45) is -0.360. The van der Waals surface area contributed by atoms with Crippen LogP contribution in [-0.4, -0.2) is 31.5 Å². The van der Waals surface area contributed by atoms with E-state index in [4.69, 9.17) is 5.14 Å². The molecule has 0 fully saturated rings. The molecule has 0 radical (unpaired) electrons. The number of esters is 1. The number of Topliss-reactive ketones (excluding diaryl/α,β-unsaturated/α-hetero) is 1. The Hall–Kier alpha value is -0.950. The second-order valence-electron chi connectivity index (χ2n) is 3.84. The highest BCUT2D eigenvalue weighted by Gasteiger charge is 2.32. The normalized spacial score (nSPS) is 12.3. The van der Waals surface area contributed by atoms with Crippen molar-refractivity contribution in [1.82, 2.24) is 0 Å². The topological polar surface area (TPSA) is 104 Å². The van der Waals surface area contributed by atoms with Crippen LogP contribution in [0, 0.1) is 0 Å². The van der Waals surface area contributed by atoms with Gasteiger partial charge in [0.25, 0.3) is 0 Å². The van der Waals surface area contributed by atoms with Crippen molar-refractivity contribution in [3.05, 3.63) is 0 Å². The first-order valence-corrected chi connectivity index (χ1v) is 5.78. The average molecular weight is 237 g/mol.